The fraction of sp³-hybridized carbons (Fsp3) is 0. The summed E-state index contributed by atoms with van der Waals surface area (Å²) >= 11 is 0. The Balaban J connectivity index is 0.00000228. The predicted molar refractivity (Wildman–Crippen MR) is 129 cm³/mol. The first kappa shape index (κ1) is 20.8. The van der Waals surface area contributed by atoms with Crippen LogP contribution in [0.15, 0.2) is 66.7 Å². The van der Waals surface area contributed by atoms with Gasteiger partial charge in [0.1, 0.15) is 6.07 Å². The van der Waals surface area contributed by atoms with Gasteiger partial charge in [-0.3, -0.25) is 0 Å². The molecule has 0 fully saturated rings. The van der Waals surface area contributed by atoms with Gasteiger partial charge in [0.15, 0.2) is 0 Å². The van der Waals surface area contributed by atoms with Gasteiger partial charge in [0.2, 0.25) is 0 Å². The molecule has 33 heavy (non-hydrogen) atoms. The van der Waals surface area contributed by atoms with Gasteiger partial charge in [0.25, 0.3) is 0 Å². The molecule has 5 heterocycles. The second kappa shape index (κ2) is 8.46. The van der Waals surface area contributed by atoms with E-state index in [1.54, 1.807) is 0 Å². The van der Waals surface area contributed by atoms with Crippen LogP contribution in [0.5, 0.6) is 0 Å². The number of nitrogens with one attached hydrogen (secondary N) is 2. The quantitative estimate of drug-likeness (QED) is 0.258. The number of nitriles is 1. The van der Waals surface area contributed by atoms with Gasteiger partial charge in [0.05, 0.1) is 33.9 Å². The van der Waals surface area contributed by atoms with Crippen molar-refractivity contribution in [2.45, 2.75) is 0 Å². The molecule has 1 aromatic carbocycles. The maximum absolute atomic E-state index is 10.1. The number of hydrogen-bond donors (Lipinski definition) is 2. The summed E-state index contributed by atoms with van der Waals surface area (Å²) in [5.41, 5.74) is 9.29. The SMILES string of the molecule is N#Cc1c(-c2ccccc2)c2cc3nc(cc4ccc(cc5nc(cc1[nH]2)C=C5)[nH]4)C=C3.[Ru]. The molecule has 5 nitrogen and oxygen atoms in total. The molecular formula is C27H17N5Ru. The minimum absolute atomic E-state index is 0. The van der Waals surface area contributed by atoms with E-state index in [9.17, 15) is 5.26 Å². The van der Waals surface area contributed by atoms with Gasteiger partial charge >= 0.3 is 0 Å². The molecule has 158 valence electrons. The molecule has 2 aliphatic rings. The average Bonchev–Trinajstić information content (AvgIpc) is 3.58. The normalized spacial score (nSPS) is 11.7. The maximum atomic E-state index is 10.1. The van der Waals surface area contributed by atoms with E-state index >= 15 is 0 Å². The molecule has 0 radical (unpaired) electrons. The Kier molecular flexibility index (Phi) is 5.34. The van der Waals surface area contributed by atoms with E-state index in [0.29, 0.717) is 5.56 Å². The molecule has 0 saturated heterocycles. The smallest absolute Gasteiger partial charge is 0.102 e. The Hall–Kier alpha value is -4.07. The number of hydrogen-bond acceptors (Lipinski definition) is 3. The van der Waals surface area contributed by atoms with Crippen LogP contribution in [0.1, 0.15) is 28.3 Å². The van der Waals surface area contributed by atoms with E-state index in [1.807, 2.05) is 91.0 Å². The van der Waals surface area contributed by atoms with E-state index in [4.69, 9.17) is 9.97 Å². The molecule has 2 N–H and O–H groups in total. The van der Waals surface area contributed by atoms with Crippen LogP contribution >= 0.6 is 0 Å². The number of aromatic amines is 2. The predicted octanol–water partition coefficient (Wildman–Crippen LogP) is 6.19. The maximum Gasteiger partial charge on any atom is 0.102 e. The van der Waals surface area contributed by atoms with Gasteiger partial charge in [-0.05, 0) is 66.3 Å². The Labute approximate surface area is 203 Å². The molecule has 6 rings (SSSR count). The molecule has 0 amide bonds. The topological polar surface area (TPSA) is 81.2 Å². The van der Waals surface area contributed by atoms with Gasteiger partial charge in [-0.1, -0.05) is 30.3 Å². The van der Waals surface area contributed by atoms with E-state index in [-0.39, 0.29) is 19.5 Å². The molecule has 3 aromatic heterocycles. The molecule has 0 unspecified atom stereocenters. The van der Waals surface area contributed by atoms with Crippen molar-refractivity contribution in [1.29, 1.82) is 5.26 Å². The zero-order chi connectivity index (χ0) is 21.5. The van der Waals surface area contributed by atoms with Crippen molar-refractivity contribution in [2.24, 2.45) is 0 Å². The molecule has 2 aliphatic heterocycles. The Morgan fingerprint density at radius 1 is 0.636 bits per heavy atom. The van der Waals surface area contributed by atoms with E-state index in [2.05, 4.69) is 16.0 Å². The molecule has 8 bridgehead atoms. The van der Waals surface area contributed by atoms with Gasteiger partial charge < -0.3 is 9.97 Å². The summed E-state index contributed by atoms with van der Waals surface area (Å²) in [6.45, 7) is 0. The molecule has 0 aliphatic carbocycles. The molecule has 4 aromatic rings. The van der Waals surface area contributed by atoms with Crippen LogP contribution < -0.4 is 0 Å². The number of benzene rings is 1. The van der Waals surface area contributed by atoms with Crippen LogP contribution in [0.25, 0.3) is 57.5 Å². The van der Waals surface area contributed by atoms with Gasteiger partial charge in [-0.25, -0.2) is 9.97 Å². The van der Waals surface area contributed by atoms with Crippen LogP contribution in [-0.4, -0.2) is 19.9 Å². The van der Waals surface area contributed by atoms with Crippen molar-refractivity contribution in [2.75, 3.05) is 0 Å². The average molecular weight is 513 g/mol. The van der Waals surface area contributed by atoms with Crippen LogP contribution in [0.2, 0.25) is 0 Å². The summed E-state index contributed by atoms with van der Waals surface area (Å²) in [6.07, 6.45) is 7.90. The van der Waals surface area contributed by atoms with Crippen LogP contribution in [0.4, 0.5) is 0 Å². The monoisotopic (exact) mass is 513 g/mol. The number of aromatic nitrogens is 4. The van der Waals surface area contributed by atoms with Crippen molar-refractivity contribution in [3.05, 3.63) is 95.1 Å². The third-order valence-corrected chi connectivity index (χ3v) is 5.52. The molecular weight excluding hydrogens is 495 g/mol. The largest absolute Gasteiger partial charge is 0.355 e. The first-order chi connectivity index (χ1) is 15.7. The zero-order valence-corrected chi connectivity index (χ0v) is 19.1. The summed E-state index contributed by atoms with van der Waals surface area (Å²) in [5, 5.41) is 10.1. The summed E-state index contributed by atoms with van der Waals surface area (Å²) in [6, 6.07) is 24.3. The first-order valence-electron chi connectivity index (χ1n) is 10.3. The number of fused-ring (bicyclic) bond motifs is 8. The van der Waals surface area contributed by atoms with Crippen molar-refractivity contribution in [3.63, 3.8) is 0 Å². The van der Waals surface area contributed by atoms with Crippen molar-refractivity contribution < 1.29 is 19.5 Å². The zero-order valence-electron chi connectivity index (χ0n) is 17.4. The summed E-state index contributed by atoms with van der Waals surface area (Å²) < 4.78 is 0. The third kappa shape index (κ3) is 3.95. The second-order valence-corrected chi connectivity index (χ2v) is 7.72. The van der Waals surface area contributed by atoms with Crippen molar-refractivity contribution in [3.8, 4) is 17.2 Å². The second-order valence-electron chi connectivity index (χ2n) is 7.72. The van der Waals surface area contributed by atoms with Crippen molar-refractivity contribution >= 4 is 46.4 Å². The standard InChI is InChI=1S/C27H17N5.Ru/c28-16-24-25-14-22-10-8-20(30-22)12-18-6-7-19(29-18)13-21-9-11-23(31-21)15-26(32-25)27(24)17-4-2-1-3-5-17;/h1-15,29,32H;. The number of rotatable bonds is 1. The van der Waals surface area contributed by atoms with Gasteiger partial charge in [-0.2, -0.15) is 5.26 Å². The van der Waals surface area contributed by atoms with E-state index < -0.39 is 0 Å². The molecule has 0 saturated carbocycles. The number of nitrogens with zero attached hydrogens (tertiary/aromatic N) is 3. The van der Waals surface area contributed by atoms with E-state index in [0.717, 1.165) is 56.0 Å². The van der Waals surface area contributed by atoms with Gasteiger partial charge in [0, 0.05) is 41.6 Å². The Bertz CT molecular complexity index is 1630. The fourth-order valence-corrected chi connectivity index (χ4v) is 4.10. The molecule has 0 spiro atoms. The third-order valence-electron chi connectivity index (χ3n) is 5.52. The minimum Gasteiger partial charge on any atom is -0.355 e. The summed E-state index contributed by atoms with van der Waals surface area (Å²) in [4.78, 5) is 16.3. The summed E-state index contributed by atoms with van der Waals surface area (Å²) in [5.74, 6) is 0. The minimum atomic E-state index is 0. The Morgan fingerprint density at radius 3 is 1.76 bits per heavy atom. The fourth-order valence-electron chi connectivity index (χ4n) is 4.10. The number of H-pyrrole nitrogens is 2. The van der Waals surface area contributed by atoms with Crippen LogP contribution in [0, 0.1) is 11.3 Å². The van der Waals surface area contributed by atoms with Gasteiger partial charge in [-0.15, -0.1) is 0 Å². The van der Waals surface area contributed by atoms with E-state index in [1.165, 1.54) is 0 Å². The molecule has 6 heteroatoms. The Morgan fingerprint density at radius 2 is 1.18 bits per heavy atom. The first-order valence-corrected chi connectivity index (χ1v) is 10.3. The van der Waals surface area contributed by atoms with Crippen LogP contribution in [-0.2, 0) is 19.5 Å². The van der Waals surface area contributed by atoms with Crippen LogP contribution in [0.3, 0.4) is 0 Å². The summed E-state index contributed by atoms with van der Waals surface area (Å²) in [7, 11) is 0. The van der Waals surface area contributed by atoms with Crippen molar-refractivity contribution in [1.82, 2.24) is 19.9 Å². The molecule has 0 atom stereocenters.